The van der Waals surface area contributed by atoms with Gasteiger partial charge in [0.1, 0.15) is 11.6 Å². The minimum atomic E-state index is -0.961. The number of esters is 1. The predicted octanol–water partition coefficient (Wildman–Crippen LogP) is 4.02. The molecule has 0 bridgehead atoms. The van der Waals surface area contributed by atoms with E-state index in [1.807, 2.05) is 6.07 Å². The SMILES string of the molecule is COC(=O)c1ccccc1NC(=O)C(c1ccccc1)N(C)C(=O)OC(C)(C)C. The van der Waals surface area contributed by atoms with Crippen LogP contribution in [0.4, 0.5) is 10.5 Å². The van der Waals surface area contributed by atoms with Gasteiger partial charge in [0, 0.05) is 7.05 Å². The number of nitrogens with one attached hydrogen (secondary N) is 1. The third-order valence-electron chi connectivity index (χ3n) is 4.02. The van der Waals surface area contributed by atoms with Gasteiger partial charge in [-0.15, -0.1) is 0 Å². The number of rotatable bonds is 5. The highest BCUT2D eigenvalue weighted by molar-refractivity contribution is 6.03. The van der Waals surface area contributed by atoms with Gasteiger partial charge in [-0.3, -0.25) is 9.69 Å². The third kappa shape index (κ3) is 5.81. The normalized spacial score (nSPS) is 11.9. The van der Waals surface area contributed by atoms with Crippen LogP contribution in [0.15, 0.2) is 54.6 Å². The summed E-state index contributed by atoms with van der Waals surface area (Å²) < 4.78 is 10.2. The fraction of sp³-hybridized carbons (Fsp3) is 0.318. The van der Waals surface area contributed by atoms with Crippen LogP contribution < -0.4 is 5.32 Å². The molecule has 154 valence electrons. The summed E-state index contributed by atoms with van der Waals surface area (Å²) in [6, 6.07) is 14.4. The van der Waals surface area contributed by atoms with Crippen LogP contribution in [0.1, 0.15) is 42.7 Å². The first kappa shape index (κ1) is 21.9. The second-order valence-corrected chi connectivity index (χ2v) is 7.43. The molecule has 0 spiro atoms. The number of hydrogen-bond acceptors (Lipinski definition) is 5. The number of likely N-dealkylation sites (N-methyl/N-ethyl adjacent to an activating group) is 1. The topological polar surface area (TPSA) is 84.9 Å². The van der Waals surface area contributed by atoms with Gasteiger partial charge in [0.25, 0.3) is 5.91 Å². The maximum absolute atomic E-state index is 13.2. The molecule has 2 amide bonds. The zero-order valence-corrected chi connectivity index (χ0v) is 17.3. The summed E-state index contributed by atoms with van der Waals surface area (Å²) in [5, 5.41) is 2.73. The molecule has 0 aromatic heterocycles. The number of anilines is 1. The van der Waals surface area contributed by atoms with E-state index in [2.05, 4.69) is 5.32 Å². The second-order valence-electron chi connectivity index (χ2n) is 7.43. The summed E-state index contributed by atoms with van der Waals surface area (Å²) in [5.74, 6) is -1.06. The molecule has 0 radical (unpaired) electrons. The fourth-order valence-corrected chi connectivity index (χ4v) is 2.71. The van der Waals surface area contributed by atoms with Crippen molar-refractivity contribution in [3.05, 3.63) is 65.7 Å². The third-order valence-corrected chi connectivity index (χ3v) is 4.02. The lowest BCUT2D eigenvalue weighted by atomic mass is 10.0. The number of carbonyl (C=O) groups is 3. The lowest BCUT2D eigenvalue weighted by Gasteiger charge is -2.30. The maximum atomic E-state index is 13.2. The molecule has 2 rings (SSSR count). The van der Waals surface area contributed by atoms with Crippen LogP contribution in [0.3, 0.4) is 0 Å². The summed E-state index contributed by atoms with van der Waals surface area (Å²) in [5.41, 5.74) is 0.410. The van der Waals surface area contributed by atoms with Crippen molar-refractivity contribution in [2.24, 2.45) is 0 Å². The highest BCUT2D eigenvalue weighted by Gasteiger charge is 2.32. The molecule has 1 atom stereocenters. The first-order chi connectivity index (χ1) is 13.6. The second kappa shape index (κ2) is 9.23. The smallest absolute Gasteiger partial charge is 0.410 e. The van der Waals surface area contributed by atoms with Crippen molar-refractivity contribution in [2.45, 2.75) is 32.4 Å². The van der Waals surface area contributed by atoms with Crippen molar-refractivity contribution in [3.63, 3.8) is 0 Å². The average molecular weight is 398 g/mol. The van der Waals surface area contributed by atoms with Gasteiger partial charge >= 0.3 is 12.1 Å². The van der Waals surface area contributed by atoms with Crippen LogP contribution in [-0.4, -0.2) is 42.6 Å². The van der Waals surface area contributed by atoms with Crippen LogP contribution in [0, 0.1) is 0 Å². The minimum absolute atomic E-state index is 0.218. The molecule has 7 nitrogen and oxygen atoms in total. The fourth-order valence-electron chi connectivity index (χ4n) is 2.71. The summed E-state index contributed by atoms with van der Waals surface area (Å²) in [6.07, 6.45) is -0.636. The standard InChI is InChI=1S/C22H26N2O5/c1-22(2,3)29-21(27)24(4)18(15-11-7-6-8-12-15)19(25)23-17-14-10-9-13-16(17)20(26)28-5/h6-14,18H,1-5H3,(H,23,25). The van der Waals surface area contributed by atoms with E-state index >= 15 is 0 Å². The van der Waals surface area contributed by atoms with E-state index in [1.54, 1.807) is 69.3 Å². The molecule has 1 N–H and O–H groups in total. The van der Waals surface area contributed by atoms with Gasteiger partial charge in [0.15, 0.2) is 0 Å². The molecular weight excluding hydrogens is 372 g/mol. The predicted molar refractivity (Wildman–Crippen MR) is 110 cm³/mol. The Labute approximate surface area is 170 Å². The van der Waals surface area contributed by atoms with Gasteiger partial charge in [-0.2, -0.15) is 0 Å². The van der Waals surface area contributed by atoms with E-state index in [0.29, 0.717) is 11.3 Å². The number of amides is 2. The Morgan fingerprint density at radius 3 is 2.14 bits per heavy atom. The summed E-state index contributed by atoms with van der Waals surface area (Å²) in [4.78, 5) is 39.0. The molecule has 0 aliphatic rings. The molecular formula is C22H26N2O5. The van der Waals surface area contributed by atoms with Gasteiger partial charge < -0.3 is 14.8 Å². The largest absolute Gasteiger partial charge is 0.465 e. The first-order valence-electron chi connectivity index (χ1n) is 9.13. The minimum Gasteiger partial charge on any atom is -0.465 e. The number of methoxy groups -OCH3 is 1. The van der Waals surface area contributed by atoms with Crippen LogP contribution in [0.25, 0.3) is 0 Å². The van der Waals surface area contributed by atoms with Crippen LogP contribution in [-0.2, 0) is 14.3 Å². The summed E-state index contributed by atoms with van der Waals surface area (Å²) in [6.45, 7) is 5.26. The lowest BCUT2D eigenvalue weighted by molar-refractivity contribution is -0.121. The van der Waals surface area contributed by atoms with Crippen LogP contribution in [0.5, 0.6) is 0 Å². The molecule has 0 aliphatic carbocycles. The van der Waals surface area contributed by atoms with Gasteiger partial charge in [-0.25, -0.2) is 9.59 Å². The Balaban J connectivity index is 2.36. The molecule has 2 aromatic carbocycles. The molecule has 0 saturated heterocycles. The molecule has 1 unspecified atom stereocenters. The zero-order valence-electron chi connectivity index (χ0n) is 17.3. The van der Waals surface area contributed by atoms with Gasteiger partial charge in [-0.1, -0.05) is 42.5 Å². The summed E-state index contributed by atoms with van der Waals surface area (Å²) >= 11 is 0. The van der Waals surface area contributed by atoms with Gasteiger partial charge in [-0.05, 0) is 38.5 Å². The van der Waals surface area contributed by atoms with E-state index in [-0.39, 0.29) is 5.56 Å². The molecule has 0 saturated carbocycles. The molecule has 2 aromatic rings. The highest BCUT2D eigenvalue weighted by Crippen LogP contribution is 2.25. The van der Waals surface area contributed by atoms with Crippen molar-refractivity contribution in [1.82, 2.24) is 4.90 Å². The average Bonchev–Trinajstić information content (AvgIpc) is 2.67. The van der Waals surface area contributed by atoms with Crippen molar-refractivity contribution >= 4 is 23.7 Å². The van der Waals surface area contributed by atoms with Gasteiger partial charge in [0.05, 0.1) is 18.4 Å². The Bertz CT molecular complexity index is 874. The van der Waals surface area contributed by atoms with Crippen molar-refractivity contribution in [2.75, 3.05) is 19.5 Å². The quantitative estimate of drug-likeness (QED) is 0.769. The first-order valence-corrected chi connectivity index (χ1v) is 9.13. The van der Waals surface area contributed by atoms with E-state index in [1.165, 1.54) is 19.1 Å². The van der Waals surface area contributed by atoms with E-state index in [9.17, 15) is 14.4 Å². The number of hydrogen-bond donors (Lipinski definition) is 1. The van der Waals surface area contributed by atoms with Crippen LogP contribution >= 0.6 is 0 Å². The molecule has 7 heteroatoms. The number of para-hydroxylation sites is 1. The van der Waals surface area contributed by atoms with Crippen molar-refractivity contribution in [1.29, 1.82) is 0 Å². The summed E-state index contributed by atoms with van der Waals surface area (Å²) in [7, 11) is 2.77. The van der Waals surface area contributed by atoms with Crippen molar-refractivity contribution < 1.29 is 23.9 Å². The highest BCUT2D eigenvalue weighted by atomic mass is 16.6. The van der Waals surface area contributed by atoms with E-state index in [4.69, 9.17) is 9.47 Å². The Kier molecular flexibility index (Phi) is 6.98. The number of nitrogens with zero attached hydrogens (tertiary/aromatic N) is 1. The lowest BCUT2D eigenvalue weighted by Crippen LogP contribution is -2.41. The number of benzene rings is 2. The monoisotopic (exact) mass is 398 g/mol. The van der Waals surface area contributed by atoms with Crippen molar-refractivity contribution in [3.8, 4) is 0 Å². The molecule has 0 aliphatic heterocycles. The molecule has 29 heavy (non-hydrogen) atoms. The maximum Gasteiger partial charge on any atom is 0.410 e. The number of carbonyl (C=O) groups excluding carboxylic acids is 3. The van der Waals surface area contributed by atoms with Crippen LogP contribution in [0.2, 0.25) is 0 Å². The van der Waals surface area contributed by atoms with E-state index in [0.717, 1.165) is 0 Å². The Morgan fingerprint density at radius 1 is 0.966 bits per heavy atom. The Hall–Kier alpha value is -3.35. The van der Waals surface area contributed by atoms with E-state index < -0.39 is 29.6 Å². The zero-order chi connectivity index (χ0) is 21.6. The van der Waals surface area contributed by atoms with Gasteiger partial charge in [0.2, 0.25) is 0 Å². The number of ether oxygens (including phenoxy) is 2. The molecule has 0 fully saturated rings. The Morgan fingerprint density at radius 2 is 1.55 bits per heavy atom. The molecule has 0 heterocycles.